The van der Waals surface area contributed by atoms with Crippen molar-refractivity contribution in [1.82, 2.24) is 5.23 Å². The third kappa shape index (κ3) is 2.67. The van der Waals surface area contributed by atoms with Gasteiger partial charge in [0.2, 0.25) is 0 Å². The van der Waals surface area contributed by atoms with Gasteiger partial charge in [-0.15, -0.1) is 25.3 Å². The normalized spacial score (nSPS) is 12.6. The van der Waals surface area contributed by atoms with Crippen molar-refractivity contribution in [2.75, 3.05) is 14.2 Å². The first-order chi connectivity index (χ1) is 4.58. The summed E-state index contributed by atoms with van der Waals surface area (Å²) in [5, 5.41) is 1.22. The van der Waals surface area contributed by atoms with Crippen LogP contribution in [0.15, 0.2) is 0 Å². The molecule has 10 heavy (non-hydrogen) atoms. The van der Waals surface area contributed by atoms with Gasteiger partial charge in [0.25, 0.3) is 0 Å². The monoisotopic (exact) mass is 183 g/mol. The Morgan fingerprint density at radius 1 is 1.30 bits per heavy atom. The van der Waals surface area contributed by atoms with Crippen LogP contribution in [0.4, 0.5) is 0 Å². The van der Waals surface area contributed by atoms with Crippen molar-refractivity contribution in [2.45, 2.75) is 17.5 Å². The molecule has 0 aromatic rings. The lowest BCUT2D eigenvalue weighted by atomic mass is 10.5. The van der Waals surface area contributed by atoms with E-state index in [1.165, 1.54) is 19.4 Å². The summed E-state index contributed by atoms with van der Waals surface area (Å²) >= 11 is 8.36. The molecule has 3 nitrogen and oxygen atoms in total. The third-order valence-corrected chi connectivity index (χ3v) is 2.06. The van der Waals surface area contributed by atoms with Crippen molar-refractivity contribution in [3.05, 3.63) is 0 Å². The number of hydrogen-bond donors (Lipinski definition) is 2. The standard InChI is InChI=1S/C5H13NO2S2/c1-4-5(9,10)6(7-2)8-3/h9-10H,4H2,1-3H3. The first-order valence-corrected chi connectivity index (χ1v) is 3.81. The predicted octanol–water partition coefficient (Wildman–Crippen LogP) is 1.33. The van der Waals surface area contributed by atoms with Crippen LogP contribution in [0.1, 0.15) is 13.3 Å². The van der Waals surface area contributed by atoms with Crippen molar-refractivity contribution >= 4 is 25.3 Å². The van der Waals surface area contributed by atoms with Gasteiger partial charge in [-0.1, -0.05) is 6.92 Å². The van der Waals surface area contributed by atoms with Crippen LogP contribution in [0, 0.1) is 0 Å². The van der Waals surface area contributed by atoms with Gasteiger partial charge in [-0.05, 0) is 11.6 Å². The van der Waals surface area contributed by atoms with E-state index in [9.17, 15) is 0 Å². The topological polar surface area (TPSA) is 21.7 Å². The molecule has 0 saturated heterocycles. The molecule has 62 valence electrons. The molecule has 0 fully saturated rings. The number of nitrogens with zero attached hydrogens (tertiary/aromatic N) is 1. The molecule has 0 radical (unpaired) electrons. The van der Waals surface area contributed by atoms with E-state index in [4.69, 9.17) is 9.68 Å². The van der Waals surface area contributed by atoms with Gasteiger partial charge in [-0.3, -0.25) is 9.68 Å². The van der Waals surface area contributed by atoms with Crippen LogP contribution < -0.4 is 0 Å². The summed E-state index contributed by atoms with van der Waals surface area (Å²) < 4.78 is -0.663. The summed E-state index contributed by atoms with van der Waals surface area (Å²) in [5.41, 5.74) is 0. The molecular formula is C5H13NO2S2. The predicted molar refractivity (Wildman–Crippen MR) is 46.9 cm³/mol. The minimum atomic E-state index is -0.663. The molecule has 0 unspecified atom stereocenters. The summed E-state index contributed by atoms with van der Waals surface area (Å²) in [6.07, 6.45) is 0.709. The van der Waals surface area contributed by atoms with Crippen LogP contribution in [-0.4, -0.2) is 23.6 Å². The highest BCUT2D eigenvalue weighted by molar-refractivity contribution is 8.00. The number of rotatable bonds is 4. The van der Waals surface area contributed by atoms with E-state index in [1.54, 1.807) is 0 Å². The maximum absolute atomic E-state index is 4.81. The first kappa shape index (κ1) is 10.6. The second-order valence-electron chi connectivity index (χ2n) is 1.75. The molecule has 0 heterocycles. The molecule has 0 saturated carbocycles. The molecule has 0 aromatic carbocycles. The fourth-order valence-electron chi connectivity index (χ4n) is 0.496. The minimum absolute atomic E-state index is 0.663. The average molecular weight is 183 g/mol. The summed E-state index contributed by atoms with van der Waals surface area (Å²) in [5.74, 6) is 0. The highest BCUT2D eigenvalue weighted by atomic mass is 32.2. The number of hydrogen-bond acceptors (Lipinski definition) is 5. The highest BCUT2D eigenvalue weighted by Gasteiger charge is 2.27. The lowest BCUT2D eigenvalue weighted by molar-refractivity contribution is -0.356. The fourth-order valence-corrected chi connectivity index (χ4v) is 0.823. The lowest BCUT2D eigenvalue weighted by Crippen LogP contribution is -2.37. The molecule has 5 heteroatoms. The molecule has 0 aliphatic heterocycles. The van der Waals surface area contributed by atoms with Crippen LogP contribution in [0.3, 0.4) is 0 Å². The summed E-state index contributed by atoms with van der Waals surface area (Å²) in [6, 6.07) is 0. The smallest absolute Gasteiger partial charge is 0.158 e. The maximum Gasteiger partial charge on any atom is 0.158 e. The van der Waals surface area contributed by atoms with Crippen LogP contribution in [0.2, 0.25) is 0 Å². The van der Waals surface area contributed by atoms with E-state index in [0.29, 0.717) is 6.42 Å². The van der Waals surface area contributed by atoms with Crippen molar-refractivity contribution in [1.29, 1.82) is 0 Å². The summed E-state index contributed by atoms with van der Waals surface area (Å²) in [7, 11) is 3.00. The van der Waals surface area contributed by atoms with Gasteiger partial charge in [0.15, 0.2) is 4.20 Å². The SMILES string of the molecule is CCC(S)(S)N(OC)OC. The third-order valence-electron chi connectivity index (χ3n) is 1.10. The van der Waals surface area contributed by atoms with Crippen LogP contribution in [0.5, 0.6) is 0 Å². The van der Waals surface area contributed by atoms with Gasteiger partial charge in [0, 0.05) is 0 Å². The quantitative estimate of drug-likeness (QED) is 0.390. The van der Waals surface area contributed by atoms with Gasteiger partial charge < -0.3 is 0 Å². The Hall–Kier alpha value is 0.580. The zero-order valence-electron chi connectivity index (χ0n) is 6.37. The Balaban J connectivity index is 3.97. The Kier molecular flexibility index (Phi) is 4.71. The first-order valence-electron chi connectivity index (χ1n) is 2.91. The van der Waals surface area contributed by atoms with Gasteiger partial charge in [-0.2, -0.15) is 0 Å². The van der Waals surface area contributed by atoms with Crippen LogP contribution >= 0.6 is 25.3 Å². The van der Waals surface area contributed by atoms with Gasteiger partial charge >= 0.3 is 0 Å². The van der Waals surface area contributed by atoms with Crippen LogP contribution in [-0.2, 0) is 9.68 Å². The van der Waals surface area contributed by atoms with E-state index in [-0.39, 0.29) is 0 Å². The Bertz CT molecular complexity index is 95.6. The van der Waals surface area contributed by atoms with Crippen LogP contribution in [0.25, 0.3) is 0 Å². The summed E-state index contributed by atoms with van der Waals surface area (Å²) in [4.78, 5) is 9.63. The highest BCUT2D eigenvalue weighted by Crippen LogP contribution is 2.28. The molecular weight excluding hydrogens is 170 g/mol. The van der Waals surface area contributed by atoms with E-state index < -0.39 is 4.20 Å². The zero-order valence-corrected chi connectivity index (χ0v) is 8.15. The second kappa shape index (κ2) is 4.46. The number of hydroxylamine groups is 2. The molecule has 0 atom stereocenters. The number of thiol groups is 2. The van der Waals surface area contributed by atoms with E-state index >= 15 is 0 Å². The van der Waals surface area contributed by atoms with E-state index in [0.717, 1.165) is 0 Å². The molecule has 0 N–H and O–H groups in total. The average Bonchev–Trinajstić information content (AvgIpc) is 1.90. The molecule has 0 aromatic heterocycles. The fraction of sp³-hybridized carbons (Fsp3) is 1.00. The molecule has 0 bridgehead atoms. The van der Waals surface area contributed by atoms with Crippen molar-refractivity contribution < 1.29 is 9.68 Å². The maximum atomic E-state index is 4.81. The van der Waals surface area contributed by atoms with Crippen molar-refractivity contribution in [2.24, 2.45) is 0 Å². The Labute approximate surface area is 72.4 Å². The summed E-state index contributed by atoms with van der Waals surface area (Å²) in [6.45, 7) is 1.94. The molecule has 0 aliphatic rings. The molecule has 0 amide bonds. The van der Waals surface area contributed by atoms with Gasteiger partial charge in [0.1, 0.15) is 0 Å². The van der Waals surface area contributed by atoms with Crippen molar-refractivity contribution in [3.63, 3.8) is 0 Å². The Morgan fingerprint density at radius 2 is 1.70 bits per heavy atom. The van der Waals surface area contributed by atoms with E-state index in [2.05, 4.69) is 25.3 Å². The molecule has 0 aliphatic carbocycles. The lowest BCUT2D eigenvalue weighted by Gasteiger charge is -2.30. The van der Waals surface area contributed by atoms with Gasteiger partial charge in [-0.25, -0.2) is 0 Å². The molecule has 0 rings (SSSR count). The second-order valence-corrected chi connectivity index (χ2v) is 3.58. The van der Waals surface area contributed by atoms with Gasteiger partial charge in [0.05, 0.1) is 14.2 Å². The van der Waals surface area contributed by atoms with E-state index in [1.807, 2.05) is 6.92 Å². The largest absolute Gasteiger partial charge is 0.276 e. The minimum Gasteiger partial charge on any atom is -0.276 e. The van der Waals surface area contributed by atoms with Crippen molar-refractivity contribution in [3.8, 4) is 0 Å². The zero-order chi connectivity index (χ0) is 8.20. The Morgan fingerprint density at radius 3 is 1.80 bits per heavy atom. The molecule has 0 spiro atoms.